The molecular formula is C9H13N3S. The Morgan fingerprint density at radius 2 is 2.38 bits per heavy atom. The molecule has 3 nitrogen and oxygen atoms in total. The molecule has 1 aromatic rings. The summed E-state index contributed by atoms with van der Waals surface area (Å²) in [5.74, 6) is 2.72. The van der Waals surface area contributed by atoms with Gasteiger partial charge in [-0.25, -0.2) is 0 Å². The van der Waals surface area contributed by atoms with E-state index in [0.29, 0.717) is 5.92 Å². The van der Waals surface area contributed by atoms with Gasteiger partial charge in [0, 0.05) is 18.7 Å². The maximum absolute atomic E-state index is 4.19. The van der Waals surface area contributed by atoms with Gasteiger partial charge in [0.25, 0.3) is 0 Å². The summed E-state index contributed by atoms with van der Waals surface area (Å²) < 4.78 is 2.10. The quantitative estimate of drug-likeness (QED) is 0.543. The van der Waals surface area contributed by atoms with Gasteiger partial charge >= 0.3 is 0 Å². The van der Waals surface area contributed by atoms with E-state index in [2.05, 4.69) is 21.3 Å². The van der Waals surface area contributed by atoms with Gasteiger partial charge < -0.3 is 4.57 Å². The van der Waals surface area contributed by atoms with Crippen molar-refractivity contribution in [3.8, 4) is 0 Å². The summed E-state index contributed by atoms with van der Waals surface area (Å²) in [6, 6.07) is 0. The van der Waals surface area contributed by atoms with Gasteiger partial charge in [0.15, 0.2) is 5.16 Å². The standard InChI is InChI=1S/C9H13N3S/c1-3-6-13-9-11-10-8(12(9)2)7-4-5-7/h3,7H,1,4-6H2,2H3. The van der Waals surface area contributed by atoms with Crippen LogP contribution in [0.4, 0.5) is 0 Å². The minimum Gasteiger partial charge on any atom is -0.309 e. The Morgan fingerprint density at radius 1 is 1.62 bits per heavy atom. The van der Waals surface area contributed by atoms with Crippen molar-refractivity contribution in [2.75, 3.05) is 5.75 Å². The van der Waals surface area contributed by atoms with Crippen LogP contribution in [0.2, 0.25) is 0 Å². The Labute approximate surface area is 82.2 Å². The zero-order chi connectivity index (χ0) is 9.26. The van der Waals surface area contributed by atoms with Crippen LogP contribution in [0.5, 0.6) is 0 Å². The number of hydrogen-bond acceptors (Lipinski definition) is 3. The lowest BCUT2D eigenvalue weighted by molar-refractivity contribution is 0.737. The van der Waals surface area contributed by atoms with Crippen molar-refractivity contribution >= 4 is 11.8 Å². The molecule has 13 heavy (non-hydrogen) atoms. The summed E-state index contributed by atoms with van der Waals surface area (Å²) in [6.07, 6.45) is 4.44. The van der Waals surface area contributed by atoms with Gasteiger partial charge in [-0.15, -0.1) is 16.8 Å². The van der Waals surface area contributed by atoms with Crippen LogP contribution in [0.1, 0.15) is 24.6 Å². The number of thioether (sulfide) groups is 1. The number of aromatic nitrogens is 3. The van der Waals surface area contributed by atoms with E-state index in [4.69, 9.17) is 0 Å². The Bertz CT molecular complexity index is 315. The highest BCUT2D eigenvalue weighted by atomic mass is 32.2. The van der Waals surface area contributed by atoms with Gasteiger partial charge in [0.05, 0.1) is 0 Å². The predicted octanol–water partition coefficient (Wildman–Crippen LogP) is 1.97. The van der Waals surface area contributed by atoms with Crippen molar-refractivity contribution < 1.29 is 0 Å². The van der Waals surface area contributed by atoms with Crippen LogP contribution in [0.25, 0.3) is 0 Å². The molecule has 1 aliphatic carbocycles. The lowest BCUT2D eigenvalue weighted by Gasteiger charge is -1.99. The van der Waals surface area contributed by atoms with E-state index in [1.165, 1.54) is 12.8 Å². The lowest BCUT2D eigenvalue weighted by Crippen LogP contribution is -1.96. The van der Waals surface area contributed by atoms with Crippen molar-refractivity contribution in [3.63, 3.8) is 0 Å². The SMILES string of the molecule is C=CCSc1nnc(C2CC2)n1C. The number of rotatable bonds is 4. The summed E-state index contributed by atoms with van der Waals surface area (Å²) >= 11 is 1.68. The predicted molar refractivity (Wildman–Crippen MR) is 53.9 cm³/mol. The number of hydrogen-bond donors (Lipinski definition) is 0. The second-order valence-electron chi connectivity index (χ2n) is 3.27. The van der Waals surface area contributed by atoms with Crippen LogP contribution in [0.3, 0.4) is 0 Å². The Hall–Kier alpha value is -0.770. The topological polar surface area (TPSA) is 30.7 Å². The zero-order valence-corrected chi connectivity index (χ0v) is 8.55. The molecule has 0 unspecified atom stereocenters. The zero-order valence-electron chi connectivity index (χ0n) is 7.73. The van der Waals surface area contributed by atoms with E-state index < -0.39 is 0 Å². The smallest absolute Gasteiger partial charge is 0.191 e. The van der Waals surface area contributed by atoms with Crippen LogP contribution in [0, 0.1) is 0 Å². The highest BCUT2D eigenvalue weighted by molar-refractivity contribution is 7.99. The summed E-state index contributed by atoms with van der Waals surface area (Å²) in [5.41, 5.74) is 0. The molecule has 70 valence electrons. The Balaban J connectivity index is 2.12. The van der Waals surface area contributed by atoms with Crippen LogP contribution < -0.4 is 0 Å². The van der Waals surface area contributed by atoms with Crippen LogP contribution >= 0.6 is 11.8 Å². The van der Waals surface area contributed by atoms with E-state index in [0.717, 1.165) is 16.7 Å². The second-order valence-corrected chi connectivity index (χ2v) is 4.26. The van der Waals surface area contributed by atoms with Crippen LogP contribution in [-0.4, -0.2) is 20.5 Å². The molecule has 0 bridgehead atoms. The van der Waals surface area contributed by atoms with Gasteiger partial charge in [0.2, 0.25) is 0 Å². The molecule has 1 aromatic heterocycles. The average Bonchev–Trinajstić information content (AvgIpc) is 2.89. The molecule has 0 amide bonds. The molecule has 0 spiro atoms. The maximum atomic E-state index is 4.19. The van der Waals surface area contributed by atoms with E-state index in [1.807, 2.05) is 13.1 Å². The maximum Gasteiger partial charge on any atom is 0.191 e. The fraction of sp³-hybridized carbons (Fsp3) is 0.556. The van der Waals surface area contributed by atoms with Crippen molar-refractivity contribution in [2.45, 2.75) is 23.9 Å². The summed E-state index contributed by atoms with van der Waals surface area (Å²) in [6.45, 7) is 3.68. The molecule has 4 heteroatoms. The molecule has 0 radical (unpaired) electrons. The molecule has 1 aliphatic rings. The first-order chi connectivity index (χ1) is 6.33. The Kier molecular flexibility index (Phi) is 2.40. The summed E-state index contributed by atoms with van der Waals surface area (Å²) in [5, 5.41) is 9.33. The number of nitrogens with zero attached hydrogens (tertiary/aromatic N) is 3. The summed E-state index contributed by atoms with van der Waals surface area (Å²) in [4.78, 5) is 0. The molecule has 1 heterocycles. The van der Waals surface area contributed by atoms with E-state index in [9.17, 15) is 0 Å². The lowest BCUT2D eigenvalue weighted by atomic mass is 10.4. The van der Waals surface area contributed by atoms with E-state index in [-0.39, 0.29) is 0 Å². The van der Waals surface area contributed by atoms with Crippen molar-refractivity contribution in [1.29, 1.82) is 0 Å². The largest absolute Gasteiger partial charge is 0.309 e. The third-order valence-corrected chi connectivity index (χ3v) is 3.16. The van der Waals surface area contributed by atoms with E-state index in [1.54, 1.807) is 11.8 Å². The fourth-order valence-electron chi connectivity index (χ4n) is 1.28. The van der Waals surface area contributed by atoms with Gasteiger partial charge in [0.1, 0.15) is 5.82 Å². The van der Waals surface area contributed by atoms with Crippen molar-refractivity contribution in [3.05, 3.63) is 18.5 Å². The monoisotopic (exact) mass is 195 g/mol. The minimum absolute atomic E-state index is 0.676. The average molecular weight is 195 g/mol. The third kappa shape index (κ3) is 1.77. The Morgan fingerprint density at radius 3 is 3.00 bits per heavy atom. The summed E-state index contributed by atoms with van der Waals surface area (Å²) in [7, 11) is 2.04. The molecule has 1 fully saturated rings. The third-order valence-electron chi connectivity index (χ3n) is 2.14. The molecule has 0 aromatic carbocycles. The van der Waals surface area contributed by atoms with Gasteiger partial charge in [-0.05, 0) is 12.8 Å². The molecule has 2 rings (SSSR count). The highest BCUT2D eigenvalue weighted by Gasteiger charge is 2.29. The first-order valence-corrected chi connectivity index (χ1v) is 5.44. The first kappa shape index (κ1) is 8.81. The first-order valence-electron chi connectivity index (χ1n) is 4.46. The van der Waals surface area contributed by atoms with Crippen LogP contribution in [0.15, 0.2) is 17.8 Å². The molecule has 0 atom stereocenters. The van der Waals surface area contributed by atoms with Gasteiger partial charge in [-0.2, -0.15) is 0 Å². The molecule has 0 saturated heterocycles. The minimum atomic E-state index is 0.676. The second kappa shape index (κ2) is 3.54. The molecule has 1 saturated carbocycles. The van der Waals surface area contributed by atoms with Crippen LogP contribution in [-0.2, 0) is 7.05 Å². The van der Waals surface area contributed by atoms with Gasteiger partial charge in [-0.3, -0.25) is 0 Å². The molecule has 0 aliphatic heterocycles. The normalized spacial score (nSPS) is 16.1. The van der Waals surface area contributed by atoms with Gasteiger partial charge in [-0.1, -0.05) is 17.8 Å². The fourth-order valence-corrected chi connectivity index (χ4v) is 1.94. The molecule has 0 N–H and O–H groups in total. The van der Waals surface area contributed by atoms with Crippen molar-refractivity contribution in [1.82, 2.24) is 14.8 Å². The highest BCUT2D eigenvalue weighted by Crippen LogP contribution is 2.39. The van der Waals surface area contributed by atoms with Crippen molar-refractivity contribution in [2.24, 2.45) is 7.05 Å². The van der Waals surface area contributed by atoms with E-state index >= 15 is 0 Å². The molecular weight excluding hydrogens is 182 g/mol.